The van der Waals surface area contributed by atoms with Gasteiger partial charge >= 0.3 is 0 Å². The van der Waals surface area contributed by atoms with Crippen LogP contribution in [0.5, 0.6) is 11.5 Å². The van der Waals surface area contributed by atoms with E-state index in [2.05, 4.69) is 5.32 Å². The highest BCUT2D eigenvalue weighted by molar-refractivity contribution is 5.94. The van der Waals surface area contributed by atoms with Gasteiger partial charge in [0.2, 0.25) is 5.91 Å². The summed E-state index contributed by atoms with van der Waals surface area (Å²) in [6.07, 6.45) is 0.546. The molecule has 0 radical (unpaired) electrons. The molecule has 1 amide bonds. The van der Waals surface area contributed by atoms with Crippen LogP contribution in [0.3, 0.4) is 0 Å². The van der Waals surface area contributed by atoms with Gasteiger partial charge in [0.25, 0.3) is 0 Å². The van der Waals surface area contributed by atoms with E-state index in [1.54, 1.807) is 13.0 Å². The SMILES string of the molecule is COc1c(NC(C)=O)cc(C)c(C=O)c1O. The highest BCUT2D eigenvalue weighted by Crippen LogP contribution is 2.38. The van der Waals surface area contributed by atoms with Gasteiger partial charge in [-0.05, 0) is 18.6 Å². The third-order valence-corrected chi connectivity index (χ3v) is 2.13. The number of ether oxygens (including phenoxy) is 1. The third kappa shape index (κ3) is 2.13. The number of carbonyl (C=O) groups is 2. The first-order valence-electron chi connectivity index (χ1n) is 4.64. The van der Waals surface area contributed by atoms with E-state index in [0.717, 1.165) is 0 Å². The van der Waals surface area contributed by atoms with Gasteiger partial charge in [-0.1, -0.05) is 0 Å². The van der Waals surface area contributed by atoms with E-state index in [1.807, 2.05) is 0 Å². The number of carbonyl (C=O) groups excluding carboxylic acids is 2. The number of methoxy groups -OCH3 is 1. The van der Waals surface area contributed by atoms with Crippen molar-refractivity contribution in [3.8, 4) is 11.5 Å². The Kier molecular flexibility index (Phi) is 3.50. The molecular weight excluding hydrogens is 210 g/mol. The molecule has 0 aromatic heterocycles. The topological polar surface area (TPSA) is 75.6 Å². The van der Waals surface area contributed by atoms with Gasteiger partial charge in [-0.25, -0.2) is 0 Å². The maximum Gasteiger partial charge on any atom is 0.221 e. The van der Waals surface area contributed by atoms with Crippen LogP contribution < -0.4 is 10.1 Å². The monoisotopic (exact) mass is 223 g/mol. The first-order valence-corrected chi connectivity index (χ1v) is 4.64. The van der Waals surface area contributed by atoms with Crippen LogP contribution in [0.2, 0.25) is 0 Å². The lowest BCUT2D eigenvalue weighted by Gasteiger charge is -2.13. The highest BCUT2D eigenvalue weighted by atomic mass is 16.5. The molecule has 0 saturated heterocycles. The van der Waals surface area contributed by atoms with Crippen molar-refractivity contribution in [3.63, 3.8) is 0 Å². The van der Waals surface area contributed by atoms with E-state index in [0.29, 0.717) is 17.5 Å². The molecule has 0 atom stereocenters. The van der Waals surface area contributed by atoms with Crippen molar-refractivity contribution in [2.24, 2.45) is 0 Å². The van der Waals surface area contributed by atoms with E-state index in [9.17, 15) is 14.7 Å². The van der Waals surface area contributed by atoms with Gasteiger partial charge in [0.1, 0.15) is 0 Å². The zero-order chi connectivity index (χ0) is 12.3. The fourth-order valence-corrected chi connectivity index (χ4v) is 1.43. The van der Waals surface area contributed by atoms with Gasteiger partial charge in [0, 0.05) is 6.92 Å². The number of rotatable bonds is 3. The van der Waals surface area contributed by atoms with Crippen LogP contribution in [0.25, 0.3) is 0 Å². The second-order valence-electron chi connectivity index (χ2n) is 3.34. The van der Waals surface area contributed by atoms with Crippen LogP contribution in [0, 0.1) is 6.92 Å². The minimum Gasteiger partial charge on any atom is -0.504 e. The summed E-state index contributed by atoms with van der Waals surface area (Å²) in [7, 11) is 1.35. The Morgan fingerprint density at radius 3 is 2.62 bits per heavy atom. The molecule has 0 heterocycles. The number of nitrogens with one attached hydrogen (secondary N) is 1. The largest absolute Gasteiger partial charge is 0.504 e. The summed E-state index contributed by atoms with van der Waals surface area (Å²) in [5.74, 6) is -0.458. The van der Waals surface area contributed by atoms with Crippen molar-refractivity contribution >= 4 is 17.9 Å². The molecule has 0 bridgehead atoms. The summed E-state index contributed by atoms with van der Waals surface area (Å²) in [5.41, 5.74) is 1.07. The van der Waals surface area contributed by atoms with Crippen molar-refractivity contribution in [2.45, 2.75) is 13.8 Å². The standard InChI is InChI=1S/C11H13NO4/c1-6-4-9(12-7(2)14)11(16-3)10(15)8(6)5-13/h4-5,15H,1-3H3,(H,12,14). The molecule has 1 aromatic rings. The van der Waals surface area contributed by atoms with Crippen LogP contribution in [-0.4, -0.2) is 24.4 Å². The van der Waals surface area contributed by atoms with Crippen molar-refractivity contribution < 1.29 is 19.4 Å². The second-order valence-corrected chi connectivity index (χ2v) is 3.34. The number of aromatic hydroxyl groups is 1. The Balaban J connectivity index is 3.40. The normalized spacial score (nSPS) is 9.69. The number of benzene rings is 1. The van der Waals surface area contributed by atoms with E-state index >= 15 is 0 Å². The van der Waals surface area contributed by atoms with Gasteiger partial charge in [0.15, 0.2) is 17.8 Å². The van der Waals surface area contributed by atoms with E-state index < -0.39 is 0 Å². The number of hydrogen-bond donors (Lipinski definition) is 2. The minimum atomic E-state index is -0.282. The maximum absolute atomic E-state index is 10.9. The zero-order valence-electron chi connectivity index (χ0n) is 9.33. The van der Waals surface area contributed by atoms with Crippen LogP contribution in [0.1, 0.15) is 22.8 Å². The quantitative estimate of drug-likeness (QED) is 0.761. The molecule has 86 valence electrons. The first-order chi connectivity index (χ1) is 7.51. The number of amides is 1. The Morgan fingerprint density at radius 1 is 1.56 bits per heavy atom. The number of aldehydes is 1. The van der Waals surface area contributed by atoms with Crippen LogP contribution in [0.15, 0.2) is 6.07 Å². The summed E-state index contributed by atoms with van der Waals surface area (Å²) in [6.45, 7) is 3.01. The maximum atomic E-state index is 10.9. The van der Waals surface area contributed by atoms with Gasteiger partial charge < -0.3 is 15.2 Å². The van der Waals surface area contributed by atoms with Gasteiger partial charge in [-0.15, -0.1) is 0 Å². The van der Waals surface area contributed by atoms with Crippen LogP contribution in [-0.2, 0) is 4.79 Å². The molecule has 0 aliphatic rings. The van der Waals surface area contributed by atoms with Crippen molar-refractivity contribution in [1.82, 2.24) is 0 Å². The number of phenols is 1. The van der Waals surface area contributed by atoms with Crippen molar-refractivity contribution in [2.75, 3.05) is 12.4 Å². The minimum absolute atomic E-state index is 0.0860. The Hall–Kier alpha value is -2.04. The number of aryl methyl sites for hydroxylation is 1. The number of hydrogen-bond acceptors (Lipinski definition) is 4. The molecule has 0 saturated carbocycles. The molecule has 5 nitrogen and oxygen atoms in total. The van der Waals surface area contributed by atoms with Crippen molar-refractivity contribution in [3.05, 3.63) is 17.2 Å². The molecule has 0 aliphatic carbocycles. The van der Waals surface area contributed by atoms with Gasteiger partial charge in [0.05, 0.1) is 18.4 Å². The molecule has 0 aliphatic heterocycles. The Morgan fingerprint density at radius 2 is 2.19 bits per heavy atom. The Labute approximate surface area is 93.0 Å². The Bertz CT molecular complexity index is 440. The molecule has 1 aromatic carbocycles. The summed E-state index contributed by atoms with van der Waals surface area (Å²) < 4.78 is 4.95. The molecule has 16 heavy (non-hydrogen) atoms. The highest BCUT2D eigenvalue weighted by Gasteiger charge is 2.16. The van der Waals surface area contributed by atoms with Gasteiger partial charge in [-0.2, -0.15) is 0 Å². The van der Waals surface area contributed by atoms with Crippen LogP contribution in [0.4, 0.5) is 5.69 Å². The molecular formula is C11H13NO4. The molecule has 5 heteroatoms. The smallest absolute Gasteiger partial charge is 0.221 e. The molecule has 2 N–H and O–H groups in total. The zero-order valence-corrected chi connectivity index (χ0v) is 9.33. The fourth-order valence-electron chi connectivity index (χ4n) is 1.43. The third-order valence-electron chi connectivity index (χ3n) is 2.13. The predicted molar refractivity (Wildman–Crippen MR) is 59.1 cm³/mol. The average molecular weight is 223 g/mol. The van der Waals surface area contributed by atoms with Crippen molar-refractivity contribution in [1.29, 1.82) is 0 Å². The molecule has 1 rings (SSSR count). The first kappa shape index (κ1) is 12.0. The number of phenolic OH excluding ortho intramolecular Hbond substituents is 1. The average Bonchev–Trinajstić information content (AvgIpc) is 2.17. The second kappa shape index (κ2) is 4.65. The van der Waals surface area contributed by atoms with E-state index in [4.69, 9.17) is 4.74 Å². The molecule has 0 fully saturated rings. The fraction of sp³-hybridized carbons (Fsp3) is 0.273. The number of anilines is 1. The summed E-state index contributed by atoms with van der Waals surface area (Å²) >= 11 is 0. The van der Waals surface area contributed by atoms with Gasteiger partial charge in [-0.3, -0.25) is 9.59 Å². The lowest BCUT2D eigenvalue weighted by atomic mass is 10.1. The van der Waals surface area contributed by atoms with Crippen LogP contribution >= 0.6 is 0 Å². The molecule has 0 unspecified atom stereocenters. The summed E-state index contributed by atoms with van der Waals surface area (Å²) in [6, 6.07) is 1.57. The molecule has 0 spiro atoms. The van der Waals surface area contributed by atoms with E-state index in [-0.39, 0.29) is 23.0 Å². The van der Waals surface area contributed by atoms with E-state index in [1.165, 1.54) is 14.0 Å². The predicted octanol–water partition coefficient (Wildman–Crippen LogP) is 1.48. The summed E-state index contributed by atoms with van der Waals surface area (Å²) in [4.78, 5) is 21.7. The summed E-state index contributed by atoms with van der Waals surface area (Å²) in [5, 5.41) is 12.3. The lowest BCUT2D eigenvalue weighted by molar-refractivity contribution is -0.114. The lowest BCUT2D eigenvalue weighted by Crippen LogP contribution is -2.08.